The number of carbonyl (C=O) groups excluding carboxylic acids is 3. The largest absolute Gasteiger partial charge is 0.490 e. The summed E-state index contributed by atoms with van der Waals surface area (Å²) >= 11 is 15.3. The van der Waals surface area contributed by atoms with Crippen molar-refractivity contribution in [3.05, 3.63) is 57.0 Å². The van der Waals surface area contributed by atoms with E-state index < -0.39 is 23.8 Å². The van der Waals surface area contributed by atoms with Gasteiger partial charge >= 0.3 is 5.97 Å². The molecule has 33 heavy (non-hydrogen) atoms. The number of rotatable bonds is 9. The topological polar surface area (TPSA) is 94.2 Å². The lowest BCUT2D eigenvalue weighted by molar-refractivity contribution is -0.152. The van der Waals surface area contributed by atoms with Gasteiger partial charge in [-0.3, -0.25) is 14.4 Å². The Morgan fingerprint density at radius 2 is 1.88 bits per heavy atom. The molecule has 1 N–H and O–H groups in total. The van der Waals surface area contributed by atoms with Crippen LogP contribution in [0.1, 0.15) is 6.42 Å². The number of benzene rings is 2. The van der Waals surface area contributed by atoms with Gasteiger partial charge in [0.1, 0.15) is 25.0 Å². The van der Waals surface area contributed by atoms with Gasteiger partial charge in [-0.15, -0.1) is 0 Å². The Kier molecular flexibility index (Phi) is 9.22. The highest BCUT2D eigenvalue weighted by atomic mass is 79.9. The Hall–Kier alpha value is -2.49. The molecule has 8 nitrogen and oxygen atoms in total. The Morgan fingerprint density at radius 3 is 2.61 bits per heavy atom. The number of hydrogen-bond donors (Lipinski definition) is 1. The van der Waals surface area contributed by atoms with Crippen LogP contribution in [0.2, 0.25) is 10.0 Å². The van der Waals surface area contributed by atoms with Crippen molar-refractivity contribution in [2.45, 2.75) is 12.5 Å². The summed E-state index contributed by atoms with van der Waals surface area (Å²) in [5.74, 6) is -0.601. The van der Waals surface area contributed by atoms with Crippen LogP contribution in [-0.2, 0) is 19.1 Å². The molecule has 0 radical (unpaired) electrons. The molecular weight excluding hydrogens is 539 g/mol. The van der Waals surface area contributed by atoms with Crippen LogP contribution in [-0.4, -0.2) is 61.6 Å². The van der Waals surface area contributed by atoms with Crippen molar-refractivity contribution in [2.75, 3.05) is 32.9 Å². The van der Waals surface area contributed by atoms with E-state index in [4.69, 9.17) is 37.4 Å². The highest BCUT2D eigenvalue weighted by Gasteiger charge is 2.35. The van der Waals surface area contributed by atoms with E-state index in [9.17, 15) is 14.4 Å². The first kappa shape index (κ1) is 25.1. The lowest BCUT2D eigenvalue weighted by Crippen LogP contribution is -2.58. The van der Waals surface area contributed by atoms with Gasteiger partial charge in [0.25, 0.3) is 5.91 Å². The third-order valence-electron chi connectivity index (χ3n) is 4.67. The predicted octanol–water partition coefficient (Wildman–Crippen LogP) is 3.47. The van der Waals surface area contributed by atoms with Gasteiger partial charge in [-0.05, 0) is 40.2 Å². The van der Waals surface area contributed by atoms with Crippen LogP contribution in [0, 0.1) is 0 Å². The van der Waals surface area contributed by atoms with E-state index in [2.05, 4.69) is 21.2 Å². The summed E-state index contributed by atoms with van der Waals surface area (Å²) in [6.07, 6.45) is -0.283. The molecule has 1 saturated heterocycles. The highest BCUT2D eigenvalue weighted by molar-refractivity contribution is 9.10. The van der Waals surface area contributed by atoms with E-state index in [-0.39, 0.29) is 50.1 Å². The highest BCUT2D eigenvalue weighted by Crippen LogP contribution is 2.36. The quantitative estimate of drug-likeness (QED) is 0.373. The van der Waals surface area contributed by atoms with Gasteiger partial charge in [-0.1, -0.05) is 41.4 Å². The molecule has 176 valence electrons. The molecule has 11 heteroatoms. The summed E-state index contributed by atoms with van der Waals surface area (Å²) < 4.78 is 16.7. The maximum absolute atomic E-state index is 12.8. The Labute approximate surface area is 209 Å². The number of piperazine rings is 1. The first-order valence-corrected chi connectivity index (χ1v) is 11.6. The van der Waals surface area contributed by atoms with E-state index in [0.717, 1.165) is 0 Å². The van der Waals surface area contributed by atoms with Gasteiger partial charge in [-0.25, -0.2) is 0 Å². The van der Waals surface area contributed by atoms with Gasteiger partial charge < -0.3 is 24.4 Å². The van der Waals surface area contributed by atoms with Crippen LogP contribution in [0.5, 0.6) is 11.5 Å². The summed E-state index contributed by atoms with van der Waals surface area (Å²) in [6, 6.07) is 11.2. The second-order valence-electron chi connectivity index (χ2n) is 6.97. The minimum Gasteiger partial charge on any atom is -0.490 e. The molecule has 1 atom stereocenters. The van der Waals surface area contributed by atoms with Crippen molar-refractivity contribution in [1.29, 1.82) is 0 Å². The summed E-state index contributed by atoms with van der Waals surface area (Å²) in [6.45, 7) is 0.316. The first-order chi connectivity index (χ1) is 15.8. The lowest BCUT2D eigenvalue weighted by Gasteiger charge is -2.34. The number of carbonyl (C=O) groups is 3. The van der Waals surface area contributed by atoms with Crippen molar-refractivity contribution >= 4 is 56.9 Å². The molecule has 1 aliphatic heterocycles. The number of amides is 2. The van der Waals surface area contributed by atoms with Gasteiger partial charge in [0.05, 0.1) is 15.9 Å². The predicted molar refractivity (Wildman–Crippen MR) is 126 cm³/mol. The maximum Gasteiger partial charge on any atom is 0.308 e. The van der Waals surface area contributed by atoms with E-state index >= 15 is 0 Å². The number of ether oxygens (including phenoxy) is 3. The van der Waals surface area contributed by atoms with Gasteiger partial charge in [-0.2, -0.15) is 0 Å². The molecular formula is C22H21BrCl2N2O6. The van der Waals surface area contributed by atoms with E-state index in [1.165, 1.54) is 11.0 Å². The zero-order chi connectivity index (χ0) is 23.8. The van der Waals surface area contributed by atoms with Crippen molar-refractivity contribution in [3.63, 3.8) is 0 Å². The average molecular weight is 560 g/mol. The monoisotopic (exact) mass is 558 g/mol. The normalized spacial score (nSPS) is 15.5. The second-order valence-corrected chi connectivity index (χ2v) is 8.67. The smallest absolute Gasteiger partial charge is 0.308 e. The number of halogens is 3. The minimum atomic E-state index is -0.999. The minimum absolute atomic E-state index is 0.0161. The molecule has 1 heterocycles. The molecule has 1 fully saturated rings. The van der Waals surface area contributed by atoms with Gasteiger partial charge in [0.2, 0.25) is 5.91 Å². The van der Waals surface area contributed by atoms with Crippen molar-refractivity contribution in [2.24, 2.45) is 0 Å². The number of nitrogens with one attached hydrogen (secondary N) is 1. The van der Waals surface area contributed by atoms with E-state index in [1.54, 1.807) is 18.2 Å². The van der Waals surface area contributed by atoms with Crippen molar-refractivity contribution in [1.82, 2.24) is 10.2 Å². The summed E-state index contributed by atoms with van der Waals surface area (Å²) in [5, 5.41) is 3.30. The summed E-state index contributed by atoms with van der Waals surface area (Å²) in [4.78, 5) is 38.7. The second kappa shape index (κ2) is 12.1. The van der Waals surface area contributed by atoms with Crippen LogP contribution in [0.15, 0.2) is 46.9 Å². The fourth-order valence-electron chi connectivity index (χ4n) is 3.15. The zero-order valence-corrected chi connectivity index (χ0v) is 20.5. The van der Waals surface area contributed by atoms with Gasteiger partial charge in [0.15, 0.2) is 12.4 Å². The van der Waals surface area contributed by atoms with Crippen LogP contribution in [0.3, 0.4) is 0 Å². The van der Waals surface area contributed by atoms with Crippen LogP contribution >= 0.6 is 39.1 Å². The van der Waals surface area contributed by atoms with Crippen LogP contribution in [0.4, 0.5) is 0 Å². The van der Waals surface area contributed by atoms with Gasteiger partial charge in [0, 0.05) is 18.1 Å². The molecule has 0 saturated carbocycles. The third kappa shape index (κ3) is 7.25. The SMILES string of the molecule is O=C(CC1C(=O)NCCN1C(=O)COc1c(Cl)cc(Cl)cc1Br)OCCOc1ccccc1. The molecule has 2 aromatic rings. The Morgan fingerprint density at radius 1 is 1.12 bits per heavy atom. The Bertz CT molecular complexity index is 985. The van der Waals surface area contributed by atoms with E-state index in [1.807, 2.05) is 18.2 Å². The molecule has 3 rings (SSSR count). The molecule has 0 spiro atoms. The van der Waals surface area contributed by atoms with Crippen molar-refractivity contribution in [3.8, 4) is 11.5 Å². The molecule has 1 unspecified atom stereocenters. The number of para-hydroxylation sites is 1. The molecule has 1 aliphatic rings. The van der Waals surface area contributed by atoms with E-state index in [0.29, 0.717) is 15.2 Å². The zero-order valence-electron chi connectivity index (χ0n) is 17.4. The third-order valence-corrected chi connectivity index (χ3v) is 5.76. The molecule has 0 aliphatic carbocycles. The van der Waals surface area contributed by atoms with Crippen LogP contribution < -0.4 is 14.8 Å². The molecule has 2 amide bonds. The Balaban J connectivity index is 1.52. The number of esters is 1. The standard InChI is InChI=1S/C22H21BrCl2N2O6/c23-16-10-14(24)11-17(25)21(16)33-13-19(28)27-7-6-26-22(30)18(27)12-20(29)32-9-8-31-15-4-2-1-3-5-15/h1-5,10-11,18H,6-9,12-13H2,(H,26,30). The fourth-order valence-corrected chi connectivity index (χ4v) is 4.52. The van der Waals surface area contributed by atoms with Crippen LogP contribution in [0.25, 0.3) is 0 Å². The average Bonchev–Trinajstić information content (AvgIpc) is 2.78. The molecule has 2 aromatic carbocycles. The maximum atomic E-state index is 12.8. The fraction of sp³-hybridized carbons (Fsp3) is 0.318. The molecule has 0 aromatic heterocycles. The molecule has 0 bridgehead atoms. The number of nitrogens with zero attached hydrogens (tertiary/aromatic N) is 1. The first-order valence-electron chi connectivity index (χ1n) is 10.0. The summed E-state index contributed by atoms with van der Waals surface area (Å²) in [5.41, 5.74) is 0. The lowest BCUT2D eigenvalue weighted by atomic mass is 10.1. The van der Waals surface area contributed by atoms with Crippen molar-refractivity contribution < 1.29 is 28.6 Å². The number of hydrogen-bond acceptors (Lipinski definition) is 6. The summed E-state index contributed by atoms with van der Waals surface area (Å²) in [7, 11) is 0.